The Morgan fingerprint density at radius 3 is 2.81 bits per heavy atom. The zero-order valence-corrected chi connectivity index (χ0v) is 14.1. The molecule has 0 radical (unpaired) electrons. The highest BCUT2D eigenvalue weighted by atomic mass is 19.4. The minimum Gasteiger partial charge on any atom is -0.361 e. The van der Waals surface area contributed by atoms with Gasteiger partial charge in [-0.25, -0.2) is 4.68 Å². The molecule has 1 aromatic carbocycles. The number of fused-ring (bicyclic) bond motifs is 1. The Morgan fingerprint density at radius 1 is 1.19 bits per heavy atom. The van der Waals surface area contributed by atoms with E-state index in [9.17, 15) is 13.2 Å². The summed E-state index contributed by atoms with van der Waals surface area (Å²) in [5, 5.41) is 14.8. The first-order chi connectivity index (χ1) is 12.5. The van der Waals surface area contributed by atoms with Crippen molar-refractivity contribution in [2.75, 3.05) is 6.54 Å². The predicted molar refractivity (Wildman–Crippen MR) is 89.4 cm³/mol. The molecule has 1 atom stereocenters. The quantitative estimate of drug-likeness (QED) is 0.747. The zero-order valence-electron chi connectivity index (χ0n) is 14.1. The van der Waals surface area contributed by atoms with Gasteiger partial charge in [0.2, 0.25) is 0 Å². The average Bonchev–Trinajstić information content (AvgIpc) is 3.26. The van der Waals surface area contributed by atoms with Gasteiger partial charge in [0.1, 0.15) is 0 Å². The molecular formula is C17H19F3N6. The first-order valence-corrected chi connectivity index (χ1v) is 8.65. The van der Waals surface area contributed by atoms with Crippen molar-refractivity contribution in [3.63, 3.8) is 0 Å². The molecule has 0 bridgehead atoms. The van der Waals surface area contributed by atoms with E-state index in [1.165, 1.54) is 4.68 Å². The van der Waals surface area contributed by atoms with Gasteiger partial charge in [0.15, 0.2) is 11.4 Å². The second-order valence-electron chi connectivity index (χ2n) is 6.62. The van der Waals surface area contributed by atoms with Crippen molar-refractivity contribution < 1.29 is 13.2 Å². The van der Waals surface area contributed by atoms with Crippen LogP contribution in [0, 0.1) is 0 Å². The molecule has 3 heterocycles. The fraction of sp³-hybridized carbons (Fsp3) is 0.471. The molecule has 6 nitrogen and oxygen atoms in total. The number of aromatic amines is 1. The van der Waals surface area contributed by atoms with Crippen LogP contribution in [0.15, 0.2) is 30.5 Å². The molecule has 9 heteroatoms. The highest BCUT2D eigenvalue weighted by Gasteiger charge is 2.59. The fourth-order valence-corrected chi connectivity index (χ4v) is 3.69. The number of halogens is 3. The highest BCUT2D eigenvalue weighted by Crippen LogP contribution is 2.43. The molecule has 1 aliphatic rings. The number of hydrogen-bond donors (Lipinski definition) is 2. The van der Waals surface area contributed by atoms with Crippen molar-refractivity contribution in [2.24, 2.45) is 0 Å². The Balaban J connectivity index is 1.62. The van der Waals surface area contributed by atoms with E-state index in [4.69, 9.17) is 0 Å². The van der Waals surface area contributed by atoms with Crippen molar-refractivity contribution in [1.82, 2.24) is 30.5 Å². The minimum absolute atomic E-state index is 0.0516. The molecule has 1 aliphatic heterocycles. The van der Waals surface area contributed by atoms with E-state index in [-0.39, 0.29) is 18.8 Å². The SMILES string of the molecule is FC(F)(F)C1(c2nnnn2CCc2c[nH]c3ccccc23)CCCCN1. The Bertz CT molecular complexity index is 891. The largest absolute Gasteiger partial charge is 0.413 e. The number of nitrogens with one attached hydrogen (secondary N) is 2. The van der Waals surface area contributed by atoms with E-state index >= 15 is 0 Å². The van der Waals surface area contributed by atoms with Gasteiger partial charge in [-0.15, -0.1) is 5.10 Å². The molecule has 0 aliphatic carbocycles. The predicted octanol–water partition coefficient (Wildman–Crippen LogP) is 2.93. The van der Waals surface area contributed by atoms with Crippen LogP contribution in [0.5, 0.6) is 0 Å². The number of rotatable bonds is 4. The minimum atomic E-state index is -4.46. The third-order valence-electron chi connectivity index (χ3n) is 5.07. The lowest BCUT2D eigenvalue weighted by molar-refractivity contribution is -0.211. The molecule has 4 rings (SSSR count). The lowest BCUT2D eigenvalue weighted by atomic mass is 9.87. The second-order valence-corrected chi connectivity index (χ2v) is 6.62. The number of alkyl halides is 3. The lowest BCUT2D eigenvalue weighted by Gasteiger charge is -2.38. The van der Waals surface area contributed by atoms with Gasteiger partial charge in [-0.1, -0.05) is 18.2 Å². The number of H-pyrrole nitrogens is 1. The molecular weight excluding hydrogens is 345 g/mol. The monoisotopic (exact) mass is 364 g/mol. The summed E-state index contributed by atoms with van der Waals surface area (Å²) in [7, 11) is 0. The van der Waals surface area contributed by atoms with E-state index in [2.05, 4.69) is 25.8 Å². The van der Waals surface area contributed by atoms with E-state index in [1.807, 2.05) is 30.5 Å². The topological polar surface area (TPSA) is 71.4 Å². The summed E-state index contributed by atoms with van der Waals surface area (Å²) < 4.78 is 42.9. The Kier molecular flexibility index (Phi) is 4.18. The third-order valence-corrected chi connectivity index (χ3v) is 5.07. The number of nitrogens with zero attached hydrogens (tertiary/aromatic N) is 4. The Hall–Kier alpha value is -2.42. The maximum absolute atomic E-state index is 13.9. The van der Waals surface area contributed by atoms with Crippen molar-refractivity contribution >= 4 is 10.9 Å². The molecule has 2 aromatic heterocycles. The summed E-state index contributed by atoms with van der Waals surface area (Å²) in [5.41, 5.74) is -0.144. The second kappa shape index (κ2) is 6.39. The number of piperidine rings is 1. The van der Waals surface area contributed by atoms with Crippen molar-refractivity contribution in [3.8, 4) is 0 Å². The summed E-state index contributed by atoms with van der Waals surface area (Å²) in [5.74, 6) is -0.149. The molecule has 0 spiro atoms. The molecule has 1 fully saturated rings. The molecule has 1 unspecified atom stereocenters. The molecule has 2 N–H and O–H groups in total. The molecule has 26 heavy (non-hydrogen) atoms. The van der Waals surface area contributed by atoms with E-state index in [0.29, 0.717) is 25.8 Å². The first-order valence-electron chi connectivity index (χ1n) is 8.65. The van der Waals surface area contributed by atoms with Crippen LogP contribution in [0.25, 0.3) is 10.9 Å². The number of benzene rings is 1. The zero-order chi connectivity index (χ0) is 18.2. The number of aromatic nitrogens is 5. The number of para-hydroxylation sites is 1. The molecule has 0 amide bonds. The molecule has 1 saturated heterocycles. The van der Waals surface area contributed by atoms with Crippen LogP contribution < -0.4 is 5.32 Å². The maximum Gasteiger partial charge on any atom is 0.413 e. The van der Waals surface area contributed by atoms with Gasteiger partial charge < -0.3 is 4.98 Å². The summed E-state index contributed by atoms with van der Waals surface area (Å²) in [6.07, 6.45) is -0.885. The summed E-state index contributed by atoms with van der Waals surface area (Å²) >= 11 is 0. The van der Waals surface area contributed by atoms with Crippen LogP contribution in [-0.2, 0) is 18.5 Å². The van der Waals surface area contributed by atoms with Gasteiger partial charge in [-0.2, -0.15) is 13.2 Å². The van der Waals surface area contributed by atoms with Crippen LogP contribution in [0.2, 0.25) is 0 Å². The van der Waals surface area contributed by atoms with Gasteiger partial charge in [-0.3, -0.25) is 5.32 Å². The van der Waals surface area contributed by atoms with E-state index in [0.717, 1.165) is 16.5 Å². The fourth-order valence-electron chi connectivity index (χ4n) is 3.69. The van der Waals surface area contributed by atoms with Gasteiger partial charge in [-0.05, 0) is 54.3 Å². The lowest BCUT2D eigenvalue weighted by Crippen LogP contribution is -2.57. The normalized spacial score (nSPS) is 21.3. The summed E-state index contributed by atoms with van der Waals surface area (Å²) in [4.78, 5) is 3.17. The van der Waals surface area contributed by atoms with Crippen LogP contribution in [0.4, 0.5) is 13.2 Å². The van der Waals surface area contributed by atoms with Crippen LogP contribution in [0.1, 0.15) is 30.7 Å². The molecule has 0 saturated carbocycles. The average molecular weight is 364 g/mol. The van der Waals surface area contributed by atoms with Gasteiger partial charge in [0.05, 0.1) is 0 Å². The molecule has 138 valence electrons. The number of hydrogen-bond acceptors (Lipinski definition) is 4. The standard InChI is InChI=1S/C17H19F3N6/c18-17(19,20)16(8-3-4-9-22-16)15-23-24-25-26(15)10-7-12-11-21-14-6-2-1-5-13(12)14/h1-2,5-6,11,21-22H,3-4,7-10H2. The van der Waals surface area contributed by atoms with Crippen LogP contribution in [-0.4, -0.2) is 37.9 Å². The Morgan fingerprint density at radius 2 is 2.04 bits per heavy atom. The van der Waals surface area contributed by atoms with Gasteiger partial charge in [0.25, 0.3) is 0 Å². The number of aryl methyl sites for hydroxylation is 2. The first kappa shape index (κ1) is 17.0. The van der Waals surface area contributed by atoms with Gasteiger partial charge >= 0.3 is 6.18 Å². The van der Waals surface area contributed by atoms with Crippen molar-refractivity contribution in [2.45, 2.75) is 43.9 Å². The maximum atomic E-state index is 13.9. The van der Waals surface area contributed by atoms with Crippen LogP contribution in [0.3, 0.4) is 0 Å². The van der Waals surface area contributed by atoms with E-state index in [1.54, 1.807) is 0 Å². The van der Waals surface area contributed by atoms with Crippen molar-refractivity contribution in [1.29, 1.82) is 0 Å². The smallest absolute Gasteiger partial charge is 0.361 e. The summed E-state index contributed by atoms with van der Waals surface area (Å²) in [6.45, 7) is 0.582. The number of tetrazole rings is 1. The summed E-state index contributed by atoms with van der Waals surface area (Å²) in [6, 6.07) is 7.82. The van der Waals surface area contributed by atoms with E-state index < -0.39 is 11.7 Å². The van der Waals surface area contributed by atoms with Crippen LogP contribution >= 0.6 is 0 Å². The molecule has 3 aromatic rings. The van der Waals surface area contributed by atoms with Gasteiger partial charge in [0, 0.05) is 23.6 Å². The Labute approximate surface area is 147 Å². The third kappa shape index (κ3) is 2.76. The highest BCUT2D eigenvalue weighted by molar-refractivity contribution is 5.82. The van der Waals surface area contributed by atoms with Crippen molar-refractivity contribution in [3.05, 3.63) is 41.9 Å².